The van der Waals surface area contributed by atoms with Gasteiger partial charge in [0.05, 0.1) is 0 Å². The van der Waals surface area contributed by atoms with Crippen LogP contribution in [0.4, 0.5) is 11.5 Å². The van der Waals surface area contributed by atoms with E-state index < -0.39 is 0 Å². The van der Waals surface area contributed by atoms with Gasteiger partial charge in [0.2, 0.25) is 0 Å². The van der Waals surface area contributed by atoms with Gasteiger partial charge in [0.1, 0.15) is 23.1 Å². The first-order valence-electron chi connectivity index (χ1n) is 8.66. The molecule has 4 aromatic rings. The number of ether oxygens (including phenoxy) is 2. The van der Waals surface area contributed by atoms with Crippen molar-refractivity contribution in [3.05, 3.63) is 85.1 Å². The fourth-order valence-corrected chi connectivity index (χ4v) is 2.66. The molecule has 0 atom stereocenters. The first-order valence-corrected chi connectivity index (χ1v) is 8.66. The molecule has 0 aliphatic rings. The van der Waals surface area contributed by atoms with Crippen LogP contribution in [0.25, 0.3) is 11.1 Å². The van der Waals surface area contributed by atoms with E-state index >= 15 is 0 Å². The lowest BCUT2D eigenvalue weighted by Crippen LogP contribution is -1.99. The number of nitrogen functional groups attached to an aromatic ring is 2. The fraction of sp³-hybridized carbons (Fsp3) is 0. The molecule has 0 bridgehead atoms. The monoisotopic (exact) mass is 370 g/mol. The van der Waals surface area contributed by atoms with Gasteiger partial charge in [-0.15, -0.1) is 0 Å². The lowest BCUT2D eigenvalue weighted by molar-refractivity contribution is 0.443. The molecule has 0 aliphatic carbocycles. The molecule has 6 heteroatoms. The van der Waals surface area contributed by atoms with Gasteiger partial charge in [0.15, 0.2) is 0 Å². The van der Waals surface area contributed by atoms with Crippen LogP contribution >= 0.6 is 0 Å². The maximum atomic E-state index is 6.11. The molecule has 0 amide bonds. The molecule has 6 nitrogen and oxygen atoms in total. The SMILES string of the molecule is Nc1cccc(Oc2ncc(-c3ccc(Oc4ccccc4)cc3)c(N)n2)c1. The summed E-state index contributed by atoms with van der Waals surface area (Å²) < 4.78 is 11.4. The van der Waals surface area contributed by atoms with Crippen LogP contribution in [0.1, 0.15) is 0 Å². The van der Waals surface area contributed by atoms with E-state index in [2.05, 4.69) is 9.97 Å². The van der Waals surface area contributed by atoms with E-state index in [1.807, 2.05) is 54.6 Å². The first kappa shape index (κ1) is 17.4. The Morgan fingerprint density at radius 3 is 2.11 bits per heavy atom. The summed E-state index contributed by atoms with van der Waals surface area (Å²) in [5.41, 5.74) is 14.1. The number of hydrogen-bond acceptors (Lipinski definition) is 6. The summed E-state index contributed by atoms with van der Waals surface area (Å²) in [6.45, 7) is 0. The van der Waals surface area contributed by atoms with Crippen molar-refractivity contribution >= 4 is 11.5 Å². The van der Waals surface area contributed by atoms with E-state index in [9.17, 15) is 0 Å². The van der Waals surface area contributed by atoms with Crippen molar-refractivity contribution in [1.82, 2.24) is 9.97 Å². The Bertz CT molecular complexity index is 1080. The Morgan fingerprint density at radius 1 is 0.679 bits per heavy atom. The molecule has 0 saturated heterocycles. The molecule has 0 fully saturated rings. The number of anilines is 2. The molecule has 28 heavy (non-hydrogen) atoms. The predicted octanol–water partition coefficient (Wildman–Crippen LogP) is 4.89. The van der Waals surface area contributed by atoms with Crippen LogP contribution in [0.3, 0.4) is 0 Å². The van der Waals surface area contributed by atoms with E-state index in [1.54, 1.807) is 30.5 Å². The molecule has 1 heterocycles. The third kappa shape index (κ3) is 4.02. The molecule has 0 radical (unpaired) electrons. The topological polar surface area (TPSA) is 96.3 Å². The van der Waals surface area contributed by atoms with Crippen LogP contribution in [0, 0.1) is 0 Å². The summed E-state index contributed by atoms with van der Waals surface area (Å²) in [5.74, 6) is 2.39. The van der Waals surface area contributed by atoms with E-state index in [1.165, 1.54) is 0 Å². The van der Waals surface area contributed by atoms with Crippen LogP contribution in [0.15, 0.2) is 85.1 Å². The van der Waals surface area contributed by atoms with Crippen molar-refractivity contribution in [3.8, 4) is 34.4 Å². The molecule has 0 aliphatic heterocycles. The quantitative estimate of drug-likeness (QED) is 0.485. The summed E-state index contributed by atoms with van der Waals surface area (Å²) in [6, 6.07) is 24.4. The Hall–Kier alpha value is -4.06. The average molecular weight is 370 g/mol. The van der Waals surface area contributed by atoms with Gasteiger partial charge in [-0.3, -0.25) is 0 Å². The second-order valence-corrected chi connectivity index (χ2v) is 6.07. The van der Waals surface area contributed by atoms with E-state index in [4.69, 9.17) is 20.9 Å². The molecule has 3 aromatic carbocycles. The van der Waals surface area contributed by atoms with Crippen LogP contribution in [-0.2, 0) is 0 Å². The second kappa shape index (κ2) is 7.67. The molecular weight excluding hydrogens is 352 g/mol. The number of para-hydroxylation sites is 1. The number of nitrogens with two attached hydrogens (primary N) is 2. The summed E-state index contributed by atoms with van der Waals surface area (Å²) in [7, 11) is 0. The fourth-order valence-electron chi connectivity index (χ4n) is 2.66. The Kier molecular flexibility index (Phi) is 4.76. The van der Waals surface area contributed by atoms with E-state index in [0.29, 0.717) is 22.8 Å². The summed E-state index contributed by atoms with van der Waals surface area (Å²) in [4.78, 5) is 8.48. The molecule has 4 rings (SSSR count). The van der Waals surface area contributed by atoms with Crippen molar-refractivity contribution in [2.45, 2.75) is 0 Å². The number of hydrogen-bond donors (Lipinski definition) is 2. The standard InChI is InChI=1S/C22H18N4O2/c23-16-5-4-8-19(13-16)28-22-25-14-20(21(24)26-22)15-9-11-18(12-10-15)27-17-6-2-1-3-7-17/h1-14H,23H2,(H2,24,25,26). The summed E-state index contributed by atoms with van der Waals surface area (Å²) >= 11 is 0. The van der Waals surface area contributed by atoms with Gasteiger partial charge in [-0.25, -0.2) is 4.98 Å². The third-order valence-corrected chi connectivity index (χ3v) is 4.01. The van der Waals surface area contributed by atoms with Crippen molar-refractivity contribution in [1.29, 1.82) is 0 Å². The molecule has 4 N–H and O–H groups in total. The number of rotatable bonds is 5. The summed E-state index contributed by atoms with van der Waals surface area (Å²) in [5, 5.41) is 0. The van der Waals surface area contributed by atoms with Gasteiger partial charge < -0.3 is 20.9 Å². The number of benzene rings is 3. The Labute approximate surface area is 162 Å². The van der Waals surface area contributed by atoms with Gasteiger partial charge in [-0.1, -0.05) is 36.4 Å². The zero-order chi connectivity index (χ0) is 19.3. The highest BCUT2D eigenvalue weighted by atomic mass is 16.5. The molecule has 138 valence electrons. The van der Waals surface area contributed by atoms with Crippen LogP contribution in [0.2, 0.25) is 0 Å². The van der Waals surface area contributed by atoms with Gasteiger partial charge >= 0.3 is 6.01 Å². The highest BCUT2D eigenvalue weighted by Gasteiger charge is 2.09. The lowest BCUT2D eigenvalue weighted by Gasteiger charge is -2.09. The smallest absolute Gasteiger partial charge is 0.323 e. The zero-order valence-electron chi connectivity index (χ0n) is 14.9. The minimum Gasteiger partial charge on any atom is -0.457 e. The van der Waals surface area contributed by atoms with Crippen molar-refractivity contribution in [2.75, 3.05) is 11.5 Å². The minimum atomic E-state index is 0.163. The third-order valence-electron chi connectivity index (χ3n) is 4.01. The van der Waals surface area contributed by atoms with Gasteiger partial charge in [0, 0.05) is 23.5 Å². The van der Waals surface area contributed by atoms with Crippen LogP contribution < -0.4 is 20.9 Å². The first-order chi connectivity index (χ1) is 13.7. The number of nitrogens with zero attached hydrogens (tertiary/aromatic N) is 2. The van der Waals surface area contributed by atoms with Crippen molar-refractivity contribution in [2.24, 2.45) is 0 Å². The Morgan fingerprint density at radius 2 is 1.39 bits per heavy atom. The second-order valence-electron chi connectivity index (χ2n) is 6.07. The molecule has 1 aromatic heterocycles. The molecular formula is C22H18N4O2. The summed E-state index contributed by atoms with van der Waals surface area (Å²) in [6.07, 6.45) is 1.64. The maximum absolute atomic E-state index is 6.11. The maximum Gasteiger partial charge on any atom is 0.323 e. The molecule has 0 saturated carbocycles. The van der Waals surface area contributed by atoms with Gasteiger partial charge in [-0.2, -0.15) is 4.98 Å². The zero-order valence-corrected chi connectivity index (χ0v) is 14.9. The van der Waals surface area contributed by atoms with E-state index in [0.717, 1.165) is 17.1 Å². The Balaban J connectivity index is 1.51. The highest BCUT2D eigenvalue weighted by molar-refractivity contribution is 5.73. The van der Waals surface area contributed by atoms with Crippen molar-refractivity contribution in [3.63, 3.8) is 0 Å². The van der Waals surface area contributed by atoms with Crippen LogP contribution in [0.5, 0.6) is 23.3 Å². The molecule has 0 spiro atoms. The normalized spacial score (nSPS) is 10.4. The van der Waals surface area contributed by atoms with Gasteiger partial charge in [0.25, 0.3) is 0 Å². The highest BCUT2D eigenvalue weighted by Crippen LogP contribution is 2.29. The van der Waals surface area contributed by atoms with Gasteiger partial charge in [-0.05, 0) is 42.0 Å². The molecule has 0 unspecified atom stereocenters. The predicted molar refractivity (Wildman–Crippen MR) is 109 cm³/mol. The van der Waals surface area contributed by atoms with Crippen molar-refractivity contribution < 1.29 is 9.47 Å². The van der Waals surface area contributed by atoms with E-state index in [-0.39, 0.29) is 6.01 Å². The van der Waals surface area contributed by atoms with Crippen LogP contribution in [-0.4, -0.2) is 9.97 Å². The number of aromatic nitrogens is 2. The lowest BCUT2D eigenvalue weighted by atomic mass is 10.1. The average Bonchev–Trinajstić information content (AvgIpc) is 2.70. The largest absolute Gasteiger partial charge is 0.457 e. The minimum absolute atomic E-state index is 0.163.